The van der Waals surface area contributed by atoms with Gasteiger partial charge in [0.2, 0.25) is 0 Å². The predicted molar refractivity (Wildman–Crippen MR) is 79.6 cm³/mol. The maximum absolute atomic E-state index is 5.12. The van der Waals surface area contributed by atoms with Crippen molar-refractivity contribution in [1.82, 2.24) is 0 Å². The molecule has 2 aromatic carbocycles. The maximum atomic E-state index is 5.12. The van der Waals surface area contributed by atoms with Crippen LogP contribution in [-0.4, -0.2) is 13.3 Å². The summed E-state index contributed by atoms with van der Waals surface area (Å²) in [5, 5.41) is 0. The number of aliphatic imine (C=N–C) groups is 1. The van der Waals surface area contributed by atoms with Crippen LogP contribution in [0.1, 0.15) is 19.4 Å². The van der Waals surface area contributed by atoms with Crippen molar-refractivity contribution in [2.75, 3.05) is 7.11 Å². The fraction of sp³-hybridized carbons (Fsp3) is 0.235. The van der Waals surface area contributed by atoms with E-state index < -0.39 is 0 Å². The molecule has 0 saturated carbocycles. The Hall–Kier alpha value is -2.09. The highest BCUT2D eigenvalue weighted by Gasteiger charge is 2.18. The van der Waals surface area contributed by atoms with Crippen LogP contribution in [-0.2, 0) is 5.41 Å². The molecule has 0 unspecified atom stereocenters. The molecule has 0 N–H and O–H groups in total. The van der Waals surface area contributed by atoms with Gasteiger partial charge in [0.05, 0.1) is 19.0 Å². The van der Waals surface area contributed by atoms with E-state index in [9.17, 15) is 0 Å². The first-order chi connectivity index (χ1) is 9.12. The van der Waals surface area contributed by atoms with Crippen molar-refractivity contribution >= 4 is 11.9 Å². The van der Waals surface area contributed by atoms with Crippen LogP contribution < -0.4 is 4.74 Å². The lowest BCUT2D eigenvalue weighted by molar-refractivity contribution is 0.415. The molecule has 0 bridgehead atoms. The molecular formula is C17H18NO. The molecule has 19 heavy (non-hydrogen) atoms. The Bertz CT molecular complexity index is 541. The molecule has 0 aromatic heterocycles. The number of rotatable bonds is 4. The van der Waals surface area contributed by atoms with Crippen molar-refractivity contribution in [3.8, 4) is 5.75 Å². The van der Waals surface area contributed by atoms with Crippen molar-refractivity contribution in [3.05, 3.63) is 60.2 Å². The van der Waals surface area contributed by atoms with E-state index in [1.54, 1.807) is 7.11 Å². The van der Waals surface area contributed by atoms with Gasteiger partial charge in [0.1, 0.15) is 5.75 Å². The molecule has 0 atom stereocenters. The monoisotopic (exact) mass is 252 g/mol. The summed E-state index contributed by atoms with van der Waals surface area (Å²) in [6.07, 6.45) is 3.21. The Morgan fingerprint density at radius 1 is 0.947 bits per heavy atom. The van der Waals surface area contributed by atoms with E-state index in [0.717, 1.165) is 11.4 Å². The molecule has 2 heteroatoms. The van der Waals surface area contributed by atoms with Crippen LogP contribution >= 0.6 is 0 Å². The highest BCUT2D eigenvalue weighted by Crippen LogP contribution is 2.23. The van der Waals surface area contributed by atoms with Crippen LogP contribution in [0.5, 0.6) is 5.75 Å². The van der Waals surface area contributed by atoms with Crippen LogP contribution in [0.15, 0.2) is 59.6 Å². The van der Waals surface area contributed by atoms with E-state index in [4.69, 9.17) is 4.74 Å². The maximum Gasteiger partial charge on any atom is 0.119 e. The molecule has 1 radical (unpaired) electrons. The Kier molecular flexibility index (Phi) is 4.00. The van der Waals surface area contributed by atoms with E-state index in [0.29, 0.717) is 0 Å². The summed E-state index contributed by atoms with van der Waals surface area (Å²) in [5.74, 6) is 0.835. The number of ether oxygens (including phenoxy) is 1. The van der Waals surface area contributed by atoms with Crippen molar-refractivity contribution in [2.24, 2.45) is 4.99 Å². The van der Waals surface area contributed by atoms with Gasteiger partial charge in [-0.15, -0.1) is 0 Å². The molecule has 97 valence electrons. The normalized spacial score (nSPS) is 11.7. The van der Waals surface area contributed by atoms with E-state index in [2.05, 4.69) is 37.2 Å². The molecule has 0 amide bonds. The number of nitrogens with zero attached hydrogens (tertiary/aromatic N) is 1. The van der Waals surface area contributed by atoms with Gasteiger partial charge in [0.25, 0.3) is 0 Å². The highest BCUT2D eigenvalue weighted by atomic mass is 16.5. The van der Waals surface area contributed by atoms with Gasteiger partial charge in [0.15, 0.2) is 0 Å². The van der Waals surface area contributed by atoms with E-state index >= 15 is 0 Å². The summed E-state index contributed by atoms with van der Waals surface area (Å²) in [5.41, 5.74) is 1.87. The zero-order valence-corrected chi connectivity index (χ0v) is 11.6. The third-order valence-electron chi connectivity index (χ3n) is 3.03. The van der Waals surface area contributed by atoms with Crippen LogP contribution in [0.4, 0.5) is 5.69 Å². The van der Waals surface area contributed by atoms with E-state index in [-0.39, 0.29) is 5.41 Å². The second-order valence-electron chi connectivity index (χ2n) is 4.91. The molecule has 0 heterocycles. The molecular weight excluding hydrogens is 234 g/mol. The minimum Gasteiger partial charge on any atom is -0.497 e. The van der Waals surface area contributed by atoms with Gasteiger partial charge in [0, 0.05) is 5.41 Å². The van der Waals surface area contributed by atoms with Crippen LogP contribution in [0.2, 0.25) is 0 Å². The highest BCUT2D eigenvalue weighted by molar-refractivity contribution is 5.75. The number of methoxy groups -OCH3 is 1. The third-order valence-corrected chi connectivity index (χ3v) is 3.03. The molecule has 2 aromatic rings. The summed E-state index contributed by atoms with van der Waals surface area (Å²) in [4.78, 5) is 4.42. The zero-order chi connectivity index (χ0) is 13.7. The zero-order valence-electron chi connectivity index (χ0n) is 11.6. The smallest absolute Gasteiger partial charge is 0.119 e. The average Bonchev–Trinajstić information content (AvgIpc) is 2.47. The molecule has 0 spiro atoms. The Morgan fingerprint density at radius 2 is 1.58 bits per heavy atom. The van der Waals surface area contributed by atoms with Gasteiger partial charge >= 0.3 is 0 Å². The van der Waals surface area contributed by atoms with Gasteiger partial charge in [-0.25, -0.2) is 0 Å². The molecule has 0 fully saturated rings. The fourth-order valence-corrected chi connectivity index (χ4v) is 1.78. The van der Waals surface area contributed by atoms with Gasteiger partial charge in [-0.3, -0.25) is 4.99 Å². The summed E-state index contributed by atoms with van der Waals surface area (Å²) < 4.78 is 5.12. The Morgan fingerprint density at radius 3 is 2.16 bits per heavy atom. The molecule has 0 saturated heterocycles. The molecule has 0 aliphatic carbocycles. The topological polar surface area (TPSA) is 21.6 Å². The third kappa shape index (κ3) is 3.44. The fourth-order valence-electron chi connectivity index (χ4n) is 1.78. The first-order valence-corrected chi connectivity index (χ1v) is 6.29. The number of hydrogen-bond acceptors (Lipinski definition) is 2. The first-order valence-electron chi connectivity index (χ1n) is 6.29. The van der Waals surface area contributed by atoms with Crippen molar-refractivity contribution in [3.63, 3.8) is 0 Å². The molecule has 2 rings (SSSR count). The minimum absolute atomic E-state index is 0.207. The lowest BCUT2D eigenvalue weighted by atomic mass is 9.86. The van der Waals surface area contributed by atoms with Crippen LogP contribution in [0.3, 0.4) is 0 Å². The largest absolute Gasteiger partial charge is 0.497 e. The lowest BCUT2D eigenvalue weighted by Gasteiger charge is -2.18. The number of hydrogen-bond donors (Lipinski definition) is 0. The Balaban J connectivity index is 2.16. The molecule has 0 aliphatic rings. The summed E-state index contributed by atoms with van der Waals surface area (Å²) in [7, 11) is 1.66. The summed E-state index contributed by atoms with van der Waals surface area (Å²) >= 11 is 0. The lowest BCUT2D eigenvalue weighted by Crippen LogP contribution is -2.18. The van der Waals surface area contributed by atoms with Crippen LogP contribution in [0.25, 0.3) is 0 Å². The Labute approximate surface area is 114 Å². The average molecular weight is 252 g/mol. The quantitative estimate of drug-likeness (QED) is 0.745. The summed E-state index contributed by atoms with van der Waals surface area (Å²) in [6.45, 7) is 4.21. The van der Waals surface area contributed by atoms with Gasteiger partial charge in [-0.05, 0) is 29.8 Å². The van der Waals surface area contributed by atoms with Gasteiger partial charge < -0.3 is 4.74 Å². The second kappa shape index (κ2) is 5.70. The second-order valence-corrected chi connectivity index (χ2v) is 4.91. The van der Waals surface area contributed by atoms with Crippen LogP contribution in [0, 0.1) is 0 Å². The minimum atomic E-state index is -0.207. The van der Waals surface area contributed by atoms with Gasteiger partial charge in [-0.2, -0.15) is 0 Å². The van der Waals surface area contributed by atoms with E-state index in [1.165, 1.54) is 5.56 Å². The first kappa shape index (κ1) is 13.3. The SMILES string of the molecule is COc1ccc(N=[C]C(C)(C)c2ccccc2)cc1. The van der Waals surface area contributed by atoms with E-state index in [1.807, 2.05) is 42.5 Å². The van der Waals surface area contributed by atoms with Crippen molar-refractivity contribution in [2.45, 2.75) is 19.3 Å². The standard InChI is InChI=1S/C17H18NO/c1-17(2,14-7-5-4-6-8-14)13-18-15-9-11-16(19-3)12-10-15/h4-12H,1-3H3. The van der Waals surface area contributed by atoms with Crippen molar-refractivity contribution < 1.29 is 4.74 Å². The predicted octanol–water partition coefficient (Wildman–Crippen LogP) is 4.25. The van der Waals surface area contributed by atoms with Crippen molar-refractivity contribution in [1.29, 1.82) is 0 Å². The molecule has 2 nitrogen and oxygen atoms in total. The molecule has 0 aliphatic heterocycles. The summed E-state index contributed by atoms with van der Waals surface area (Å²) in [6, 6.07) is 17.9. The van der Waals surface area contributed by atoms with Gasteiger partial charge in [-0.1, -0.05) is 44.2 Å². The number of benzene rings is 2.